The summed E-state index contributed by atoms with van der Waals surface area (Å²) in [6.45, 7) is 8.49. The van der Waals surface area contributed by atoms with Gasteiger partial charge in [-0.2, -0.15) is 4.31 Å². The van der Waals surface area contributed by atoms with Gasteiger partial charge in [0, 0.05) is 12.2 Å². The highest BCUT2D eigenvalue weighted by molar-refractivity contribution is 7.89. The number of rotatable bonds is 7. The summed E-state index contributed by atoms with van der Waals surface area (Å²) in [5.74, 6) is 0.0148. The molecule has 0 bridgehead atoms. The molecule has 6 nitrogen and oxygen atoms in total. The molecule has 0 aromatic heterocycles. The van der Waals surface area contributed by atoms with Crippen LogP contribution in [0.5, 0.6) is 0 Å². The highest BCUT2D eigenvalue weighted by atomic mass is 32.2. The Morgan fingerprint density at radius 1 is 1.10 bits per heavy atom. The lowest BCUT2D eigenvalue weighted by Crippen LogP contribution is -3.15. The van der Waals surface area contributed by atoms with Crippen LogP contribution in [-0.2, 0) is 14.8 Å². The minimum atomic E-state index is -3.49. The van der Waals surface area contributed by atoms with E-state index in [1.165, 1.54) is 4.31 Å². The van der Waals surface area contributed by atoms with Gasteiger partial charge in [-0.05, 0) is 31.2 Å². The van der Waals surface area contributed by atoms with Gasteiger partial charge in [-0.1, -0.05) is 42.0 Å². The molecule has 154 valence electrons. The zero-order valence-corrected chi connectivity index (χ0v) is 17.6. The number of aryl methyl sites for hydroxylation is 1. The molecule has 0 unspecified atom stereocenters. The average molecular weight is 415 g/mol. The van der Waals surface area contributed by atoms with Gasteiger partial charge in [0.2, 0.25) is 10.0 Å². The Morgan fingerprint density at radius 2 is 1.72 bits per heavy atom. The molecule has 3 rings (SSSR count). The molecule has 1 fully saturated rings. The molecule has 1 heterocycles. The van der Waals surface area contributed by atoms with Gasteiger partial charge in [0.05, 0.1) is 31.1 Å². The van der Waals surface area contributed by atoms with Crippen molar-refractivity contribution in [2.24, 2.45) is 0 Å². The van der Waals surface area contributed by atoms with Crippen LogP contribution in [0.4, 0.5) is 5.69 Å². The number of benzene rings is 2. The van der Waals surface area contributed by atoms with Crippen molar-refractivity contribution in [1.82, 2.24) is 4.31 Å². The second kappa shape index (κ2) is 9.35. The molecule has 7 heteroatoms. The molecule has 0 saturated carbocycles. The molecular weight excluding hydrogens is 386 g/mol. The zero-order chi connectivity index (χ0) is 20.9. The number of piperazine rings is 1. The number of carbonyl (C=O) groups is 1. The number of para-hydroxylation sites is 1. The van der Waals surface area contributed by atoms with E-state index >= 15 is 0 Å². The van der Waals surface area contributed by atoms with E-state index in [0.717, 1.165) is 16.2 Å². The third-order valence-electron chi connectivity index (χ3n) is 5.17. The Balaban J connectivity index is 1.61. The van der Waals surface area contributed by atoms with Crippen molar-refractivity contribution < 1.29 is 18.1 Å². The Kier molecular flexibility index (Phi) is 6.84. The van der Waals surface area contributed by atoms with Gasteiger partial charge in [-0.25, -0.2) is 8.42 Å². The summed E-state index contributed by atoms with van der Waals surface area (Å²) in [6.07, 6.45) is 1.71. The maximum atomic E-state index is 12.9. The predicted octanol–water partition coefficient (Wildman–Crippen LogP) is 1.10. The molecule has 2 aromatic rings. The van der Waals surface area contributed by atoms with Crippen LogP contribution in [0.15, 0.2) is 72.1 Å². The second-order valence-corrected chi connectivity index (χ2v) is 9.21. The first kappa shape index (κ1) is 21.2. The van der Waals surface area contributed by atoms with Crippen molar-refractivity contribution in [2.45, 2.75) is 11.8 Å². The number of sulfonamides is 1. The third-order valence-corrected chi connectivity index (χ3v) is 7.08. The summed E-state index contributed by atoms with van der Waals surface area (Å²) in [5.41, 5.74) is 1.87. The summed E-state index contributed by atoms with van der Waals surface area (Å²) in [7, 11) is -3.49. The average Bonchev–Trinajstić information content (AvgIpc) is 2.73. The SMILES string of the molecule is C=CCN(C(=O)C[NH+]1CCN(S(=O)(=O)c2ccc(C)cc2)CC1)c1ccccc1. The first-order chi connectivity index (χ1) is 13.9. The van der Waals surface area contributed by atoms with Crippen LogP contribution in [-0.4, -0.2) is 57.9 Å². The molecule has 1 N–H and O–H groups in total. The van der Waals surface area contributed by atoms with Gasteiger partial charge in [0.15, 0.2) is 6.54 Å². The molecule has 0 radical (unpaired) electrons. The van der Waals surface area contributed by atoms with Crippen LogP contribution < -0.4 is 9.80 Å². The fourth-order valence-corrected chi connectivity index (χ4v) is 4.92. The molecule has 29 heavy (non-hydrogen) atoms. The van der Waals surface area contributed by atoms with E-state index in [-0.39, 0.29) is 5.91 Å². The summed E-state index contributed by atoms with van der Waals surface area (Å²) in [4.78, 5) is 16.0. The highest BCUT2D eigenvalue weighted by Crippen LogP contribution is 2.16. The topological polar surface area (TPSA) is 62.1 Å². The molecule has 2 aromatic carbocycles. The number of quaternary nitrogens is 1. The maximum absolute atomic E-state index is 12.9. The predicted molar refractivity (Wildman–Crippen MR) is 114 cm³/mol. The van der Waals surface area contributed by atoms with Crippen molar-refractivity contribution in [3.63, 3.8) is 0 Å². The van der Waals surface area contributed by atoms with Gasteiger partial charge < -0.3 is 9.80 Å². The lowest BCUT2D eigenvalue weighted by molar-refractivity contribution is -0.895. The molecule has 1 aliphatic rings. The number of hydrogen-bond donors (Lipinski definition) is 1. The zero-order valence-electron chi connectivity index (χ0n) is 16.8. The second-order valence-electron chi connectivity index (χ2n) is 7.27. The largest absolute Gasteiger partial charge is 0.325 e. The van der Waals surface area contributed by atoms with Crippen molar-refractivity contribution in [3.05, 3.63) is 72.8 Å². The van der Waals surface area contributed by atoms with Gasteiger partial charge in [0.25, 0.3) is 5.91 Å². The van der Waals surface area contributed by atoms with Gasteiger partial charge in [-0.3, -0.25) is 4.79 Å². The molecule has 0 spiro atoms. The first-order valence-corrected chi connectivity index (χ1v) is 11.2. The Hall–Kier alpha value is -2.48. The van der Waals surface area contributed by atoms with Crippen LogP contribution in [0.3, 0.4) is 0 Å². The molecule has 0 aliphatic carbocycles. The van der Waals surface area contributed by atoms with Crippen molar-refractivity contribution >= 4 is 21.6 Å². The number of nitrogens with one attached hydrogen (secondary N) is 1. The van der Waals surface area contributed by atoms with Gasteiger partial charge in [0.1, 0.15) is 0 Å². The van der Waals surface area contributed by atoms with E-state index in [0.29, 0.717) is 44.2 Å². The van der Waals surface area contributed by atoms with Crippen LogP contribution in [0.2, 0.25) is 0 Å². The lowest BCUT2D eigenvalue weighted by atomic mass is 10.2. The summed E-state index contributed by atoms with van der Waals surface area (Å²) in [6, 6.07) is 16.5. The van der Waals surface area contributed by atoms with Gasteiger partial charge >= 0.3 is 0 Å². The van der Waals surface area contributed by atoms with E-state index in [9.17, 15) is 13.2 Å². The van der Waals surface area contributed by atoms with E-state index in [2.05, 4.69) is 6.58 Å². The Labute approximate surface area is 173 Å². The fourth-order valence-electron chi connectivity index (χ4n) is 3.48. The van der Waals surface area contributed by atoms with Crippen molar-refractivity contribution in [1.29, 1.82) is 0 Å². The van der Waals surface area contributed by atoms with E-state index in [1.807, 2.05) is 49.4 Å². The van der Waals surface area contributed by atoms with Crippen LogP contribution in [0, 0.1) is 6.92 Å². The Bertz CT molecular complexity index is 935. The third kappa shape index (κ3) is 5.12. The number of amides is 1. The van der Waals surface area contributed by atoms with Crippen LogP contribution in [0.25, 0.3) is 0 Å². The number of hydrogen-bond acceptors (Lipinski definition) is 3. The smallest absolute Gasteiger partial charge is 0.282 e. The van der Waals surface area contributed by atoms with E-state index in [1.54, 1.807) is 23.1 Å². The molecular formula is C22H28N3O3S+. The number of carbonyl (C=O) groups excluding carboxylic acids is 1. The van der Waals surface area contributed by atoms with E-state index < -0.39 is 10.0 Å². The quantitative estimate of drug-likeness (QED) is 0.691. The molecule has 1 aliphatic heterocycles. The minimum Gasteiger partial charge on any atom is -0.325 e. The van der Waals surface area contributed by atoms with Crippen molar-refractivity contribution in [3.8, 4) is 0 Å². The van der Waals surface area contributed by atoms with Crippen LogP contribution >= 0.6 is 0 Å². The normalized spacial score (nSPS) is 15.8. The van der Waals surface area contributed by atoms with E-state index in [4.69, 9.17) is 0 Å². The maximum Gasteiger partial charge on any atom is 0.282 e. The Morgan fingerprint density at radius 3 is 2.31 bits per heavy atom. The van der Waals surface area contributed by atoms with Crippen LogP contribution in [0.1, 0.15) is 5.56 Å². The monoisotopic (exact) mass is 414 g/mol. The minimum absolute atomic E-state index is 0.0148. The first-order valence-electron chi connectivity index (χ1n) is 9.78. The molecule has 0 atom stereocenters. The molecule has 1 saturated heterocycles. The summed E-state index contributed by atoms with van der Waals surface area (Å²) >= 11 is 0. The fraction of sp³-hybridized carbons (Fsp3) is 0.318. The summed E-state index contributed by atoms with van der Waals surface area (Å²) in [5, 5.41) is 0. The summed E-state index contributed by atoms with van der Waals surface area (Å²) < 4.78 is 27.2. The van der Waals surface area contributed by atoms with Crippen molar-refractivity contribution in [2.75, 3.05) is 44.2 Å². The van der Waals surface area contributed by atoms with Gasteiger partial charge in [-0.15, -0.1) is 6.58 Å². The number of nitrogens with zero attached hydrogens (tertiary/aromatic N) is 2. The lowest BCUT2D eigenvalue weighted by Gasteiger charge is -2.32. The molecule has 1 amide bonds. The standard InChI is InChI=1S/C22H27N3O3S/c1-3-13-25(20-7-5-4-6-8-20)22(26)18-23-14-16-24(17-15-23)29(27,28)21-11-9-19(2)10-12-21/h3-12H,1,13-18H2,2H3/p+1. The number of anilines is 1. The highest BCUT2D eigenvalue weighted by Gasteiger charge is 2.31.